The van der Waals surface area contributed by atoms with Crippen molar-refractivity contribution in [3.63, 3.8) is 0 Å². The highest BCUT2D eigenvalue weighted by molar-refractivity contribution is 5.90. The molecule has 2 heterocycles. The Kier molecular flexibility index (Phi) is 4.67. The quantitative estimate of drug-likeness (QED) is 0.855. The van der Waals surface area contributed by atoms with Crippen LogP contribution in [0.5, 0.6) is 11.5 Å². The van der Waals surface area contributed by atoms with E-state index >= 15 is 0 Å². The lowest BCUT2D eigenvalue weighted by molar-refractivity contribution is -0.885. The fraction of sp³-hybridized carbons (Fsp3) is 0.444. The van der Waals surface area contributed by atoms with Crippen LogP contribution in [0.15, 0.2) is 28.8 Å². The van der Waals surface area contributed by atoms with E-state index in [9.17, 15) is 4.79 Å². The molecule has 1 unspecified atom stereocenters. The number of quaternary nitrogens is 1. The minimum atomic E-state index is -0.117. The maximum Gasteiger partial charge on any atom is 0.281 e. The van der Waals surface area contributed by atoms with Crippen molar-refractivity contribution in [2.24, 2.45) is 0 Å². The number of carbonyl (C=O) groups is 1. The predicted octanol–water partition coefficient (Wildman–Crippen LogP) is 1.35. The highest BCUT2D eigenvalue weighted by atomic mass is 16.7. The Morgan fingerprint density at radius 2 is 2.00 bits per heavy atom. The van der Waals surface area contributed by atoms with Crippen molar-refractivity contribution in [2.75, 3.05) is 25.7 Å². The Labute approximate surface area is 146 Å². The second-order valence-electron chi connectivity index (χ2n) is 7.37. The van der Waals surface area contributed by atoms with Crippen LogP contribution < -0.4 is 19.7 Å². The first-order valence-corrected chi connectivity index (χ1v) is 8.28. The minimum Gasteiger partial charge on any atom is -0.454 e. The lowest BCUT2D eigenvalue weighted by Crippen LogP contribution is -3.08. The lowest BCUT2D eigenvalue weighted by atomic mass is 9.92. The van der Waals surface area contributed by atoms with Crippen molar-refractivity contribution in [1.82, 2.24) is 5.16 Å². The molecule has 1 aliphatic heterocycles. The van der Waals surface area contributed by atoms with Gasteiger partial charge in [0.25, 0.3) is 5.91 Å². The Morgan fingerprint density at radius 3 is 2.72 bits per heavy atom. The number of hydrogen-bond acceptors (Lipinski definition) is 5. The van der Waals surface area contributed by atoms with E-state index in [0.29, 0.717) is 19.0 Å². The largest absolute Gasteiger partial charge is 0.454 e. The summed E-state index contributed by atoms with van der Waals surface area (Å²) in [6.07, 6.45) is 0. The molecule has 1 aromatic heterocycles. The summed E-state index contributed by atoms with van der Waals surface area (Å²) in [7, 11) is 1.96. The standard InChI is InChI=1S/C18H23N3O4/c1-18(2,3)15-8-17(25-20-15)19-16(22)10-21(4)9-12-5-6-13-14(7-12)24-11-23-13/h5-8H,9-11H2,1-4H3,(H,19,22)/p+1. The molecular formula is C18H24N3O4+. The van der Waals surface area contributed by atoms with Crippen LogP contribution in [0.1, 0.15) is 32.0 Å². The van der Waals surface area contributed by atoms with E-state index in [4.69, 9.17) is 14.0 Å². The number of anilines is 1. The summed E-state index contributed by atoms with van der Waals surface area (Å²) in [5.41, 5.74) is 1.78. The Hall–Kier alpha value is -2.54. The average Bonchev–Trinajstić information content (AvgIpc) is 3.14. The van der Waals surface area contributed by atoms with E-state index in [1.165, 1.54) is 0 Å². The van der Waals surface area contributed by atoms with Crippen LogP contribution in [0.25, 0.3) is 0 Å². The number of ether oxygens (including phenoxy) is 2. The summed E-state index contributed by atoms with van der Waals surface area (Å²) in [5.74, 6) is 1.78. The van der Waals surface area contributed by atoms with E-state index in [2.05, 4.69) is 10.5 Å². The summed E-state index contributed by atoms with van der Waals surface area (Å²) < 4.78 is 15.9. The second kappa shape index (κ2) is 6.76. The van der Waals surface area contributed by atoms with Gasteiger partial charge in [0.2, 0.25) is 12.7 Å². The van der Waals surface area contributed by atoms with Crippen molar-refractivity contribution in [3.8, 4) is 11.5 Å². The van der Waals surface area contributed by atoms with Gasteiger partial charge < -0.3 is 18.9 Å². The topological polar surface area (TPSA) is 78.0 Å². The SMILES string of the molecule is C[NH+](CC(=O)Nc1cc(C(C)(C)C)no1)Cc1ccc2c(c1)OCO2. The fourth-order valence-corrected chi connectivity index (χ4v) is 2.61. The second-order valence-corrected chi connectivity index (χ2v) is 7.37. The van der Waals surface area contributed by atoms with E-state index < -0.39 is 0 Å². The van der Waals surface area contributed by atoms with Crippen molar-refractivity contribution in [1.29, 1.82) is 0 Å². The Morgan fingerprint density at radius 1 is 1.24 bits per heavy atom. The van der Waals surface area contributed by atoms with Crippen molar-refractivity contribution in [2.45, 2.75) is 32.7 Å². The maximum absolute atomic E-state index is 12.2. The monoisotopic (exact) mass is 346 g/mol. The number of rotatable bonds is 5. The summed E-state index contributed by atoms with van der Waals surface area (Å²) in [6.45, 7) is 7.41. The van der Waals surface area contributed by atoms with Crippen LogP contribution in [0.3, 0.4) is 0 Å². The third-order valence-electron chi connectivity index (χ3n) is 3.95. The number of amides is 1. The van der Waals surface area contributed by atoms with Gasteiger partial charge >= 0.3 is 0 Å². The number of nitrogens with one attached hydrogen (secondary N) is 2. The van der Waals surface area contributed by atoms with Gasteiger partial charge in [-0.25, -0.2) is 0 Å². The number of hydrogen-bond donors (Lipinski definition) is 2. The molecule has 0 saturated carbocycles. The number of benzene rings is 1. The normalized spacial score (nSPS) is 14.4. The van der Waals surface area contributed by atoms with Gasteiger partial charge in [-0.1, -0.05) is 25.9 Å². The van der Waals surface area contributed by atoms with Crippen LogP contribution in [-0.4, -0.2) is 31.4 Å². The molecule has 2 N–H and O–H groups in total. The summed E-state index contributed by atoms with van der Waals surface area (Å²) in [6, 6.07) is 7.61. The first-order chi connectivity index (χ1) is 11.8. The van der Waals surface area contributed by atoms with Gasteiger partial charge in [-0.15, -0.1) is 0 Å². The molecule has 0 bridgehead atoms. The molecule has 1 aliphatic rings. The molecule has 134 valence electrons. The first kappa shape index (κ1) is 17.3. The predicted molar refractivity (Wildman–Crippen MR) is 91.9 cm³/mol. The molecule has 2 aromatic rings. The maximum atomic E-state index is 12.2. The fourth-order valence-electron chi connectivity index (χ4n) is 2.61. The van der Waals surface area contributed by atoms with E-state index in [0.717, 1.165) is 27.7 Å². The smallest absolute Gasteiger partial charge is 0.281 e. The molecule has 3 rings (SSSR count). The molecule has 25 heavy (non-hydrogen) atoms. The molecule has 0 spiro atoms. The number of carbonyl (C=O) groups excluding carboxylic acids is 1. The van der Waals surface area contributed by atoms with Crippen LogP contribution in [0, 0.1) is 0 Å². The third-order valence-corrected chi connectivity index (χ3v) is 3.95. The average molecular weight is 346 g/mol. The molecule has 0 fully saturated rings. The van der Waals surface area contributed by atoms with Crippen LogP contribution in [0.2, 0.25) is 0 Å². The molecule has 7 nitrogen and oxygen atoms in total. The van der Waals surface area contributed by atoms with Crippen LogP contribution in [-0.2, 0) is 16.8 Å². The zero-order valence-electron chi connectivity index (χ0n) is 15.0. The molecule has 0 radical (unpaired) electrons. The van der Waals surface area contributed by atoms with Crippen molar-refractivity contribution in [3.05, 3.63) is 35.5 Å². The van der Waals surface area contributed by atoms with Gasteiger partial charge in [-0.2, -0.15) is 0 Å². The Bertz CT molecular complexity index is 764. The van der Waals surface area contributed by atoms with Gasteiger partial charge in [0, 0.05) is 17.0 Å². The minimum absolute atomic E-state index is 0.116. The van der Waals surface area contributed by atoms with Crippen molar-refractivity contribution >= 4 is 11.8 Å². The summed E-state index contributed by atoms with van der Waals surface area (Å²) in [5, 5.41) is 6.76. The van der Waals surface area contributed by atoms with Gasteiger partial charge in [0.1, 0.15) is 6.54 Å². The molecule has 1 aromatic carbocycles. The van der Waals surface area contributed by atoms with Gasteiger partial charge in [-0.3, -0.25) is 10.1 Å². The highest BCUT2D eigenvalue weighted by Gasteiger charge is 2.21. The summed E-state index contributed by atoms with van der Waals surface area (Å²) in [4.78, 5) is 13.2. The third kappa shape index (κ3) is 4.30. The summed E-state index contributed by atoms with van der Waals surface area (Å²) >= 11 is 0. The van der Waals surface area contributed by atoms with E-state index in [1.807, 2.05) is 46.0 Å². The zero-order chi connectivity index (χ0) is 18.0. The van der Waals surface area contributed by atoms with Gasteiger partial charge in [0.15, 0.2) is 18.0 Å². The highest BCUT2D eigenvalue weighted by Crippen LogP contribution is 2.32. The van der Waals surface area contributed by atoms with Crippen molar-refractivity contribution < 1.29 is 23.7 Å². The van der Waals surface area contributed by atoms with E-state index in [-0.39, 0.29) is 18.1 Å². The van der Waals surface area contributed by atoms with E-state index in [1.54, 1.807) is 6.07 Å². The number of likely N-dealkylation sites (N-methyl/N-ethyl adjacent to an activating group) is 1. The molecule has 7 heteroatoms. The van der Waals surface area contributed by atoms with Gasteiger partial charge in [-0.05, 0) is 18.2 Å². The van der Waals surface area contributed by atoms with Gasteiger partial charge in [0.05, 0.1) is 12.7 Å². The first-order valence-electron chi connectivity index (χ1n) is 8.28. The zero-order valence-corrected chi connectivity index (χ0v) is 15.0. The lowest BCUT2D eigenvalue weighted by Gasteiger charge is -2.13. The van der Waals surface area contributed by atoms with Crippen LogP contribution in [0.4, 0.5) is 5.88 Å². The molecule has 1 amide bonds. The molecule has 0 saturated heterocycles. The number of aromatic nitrogens is 1. The molecular weight excluding hydrogens is 322 g/mol. The number of fused-ring (bicyclic) bond motifs is 1. The van der Waals surface area contributed by atoms with Crippen LogP contribution >= 0.6 is 0 Å². The number of nitrogens with zero attached hydrogens (tertiary/aromatic N) is 1. The Balaban J connectivity index is 1.53. The molecule has 0 aliphatic carbocycles. The molecule has 1 atom stereocenters.